The van der Waals surface area contributed by atoms with Crippen LogP contribution in [-0.2, 0) is 4.84 Å². The number of nitrogens with zero attached hydrogens (tertiary/aromatic N) is 2. The number of fused-ring (bicyclic) bond motifs is 1. The summed E-state index contributed by atoms with van der Waals surface area (Å²) < 4.78 is 5.89. The van der Waals surface area contributed by atoms with E-state index in [1.807, 2.05) is 60.7 Å². The first kappa shape index (κ1) is 15.8. The highest BCUT2D eigenvalue weighted by molar-refractivity contribution is 6.12. The van der Waals surface area contributed by atoms with Crippen LogP contribution in [0.25, 0.3) is 11.0 Å². The van der Waals surface area contributed by atoms with Gasteiger partial charge in [0.1, 0.15) is 5.58 Å². The van der Waals surface area contributed by atoms with Gasteiger partial charge < -0.3 is 9.25 Å². The van der Waals surface area contributed by atoms with Crippen LogP contribution < -0.4 is 0 Å². The number of oxime groups is 1. The fourth-order valence-electron chi connectivity index (χ4n) is 2.56. The van der Waals surface area contributed by atoms with E-state index in [1.165, 1.54) is 6.20 Å². The molecule has 0 saturated carbocycles. The minimum Gasteiger partial charge on any atom is -0.454 e. The minimum atomic E-state index is -0.581. The van der Waals surface area contributed by atoms with Crippen molar-refractivity contribution in [2.24, 2.45) is 5.16 Å². The van der Waals surface area contributed by atoms with Gasteiger partial charge in [-0.05, 0) is 24.3 Å². The molecule has 0 bridgehead atoms. The third-order valence-electron chi connectivity index (χ3n) is 3.82. The molecule has 0 amide bonds. The van der Waals surface area contributed by atoms with Gasteiger partial charge in [-0.1, -0.05) is 53.7 Å². The van der Waals surface area contributed by atoms with Crippen LogP contribution in [0.3, 0.4) is 0 Å². The molecule has 5 nitrogen and oxygen atoms in total. The Morgan fingerprint density at radius 2 is 1.69 bits per heavy atom. The third kappa shape index (κ3) is 3.23. The number of hydrogen-bond acceptors (Lipinski definition) is 5. The maximum Gasteiger partial charge on any atom is 0.367 e. The smallest absolute Gasteiger partial charge is 0.367 e. The Morgan fingerprint density at radius 3 is 2.46 bits per heavy atom. The van der Waals surface area contributed by atoms with Gasteiger partial charge >= 0.3 is 5.97 Å². The Morgan fingerprint density at radius 1 is 0.923 bits per heavy atom. The zero-order chi connectivity index (χ0) is 17.8. The molecule has 0 aliphatic heterocycles. The first-order valence-corrected chi connectivity index (χ1v) is 8.05. The average Bonchev–Trinajstić information content (AvgIpc) is 3.13. The molecule has 4 aromatic rings. The number of benzene rings is 2. The summed E-state index contributed by atoms with van der Waals surface area (Å²) in [6.07, 6.45) is 3.02. The molecule has 0 aliphatic carbocycles. The fraction of sp³-hybridized carbons (Fsp3) is 0. The molecule has 0 N–H and O–H groups in total. The topological polar surface area (TPSA) is 64.7 Å². The summed E-state index contributed by atoms with van der Waals surface area (Å²) in [6.45, 7) is 0. The summed E-state index contributed by atoms with van der Waals surface area (Å²) in [6, 6.07) is 22.3. The van der Waals surface area contributed by atoms with Crippen LogP contribution in [0.1, 0.15) is 21.7 Å². The minimum absolute atomic E-state index is 0.327. The number of rotatable bonds is 4. The summed E-state index contributed by atoms with van der Waals surface area (Å²) in [4.78, 5) is 21.2. The lowest BCUT2D eigenvalue weighted by molar-refractivity contribution is 0.0516. The average molecular weight is 342 g/mol. The number of aromatic nitrogens is 1. The quantitative estimate of drug-likeness (QED) is 0.312. The summed E-state index contributed by atoms with van der Waals surface area (Å²) in [5.41, 5.74) is 2.29. The van der Waals surface area contributed by atoms with E-state index in [2.05, 4.69) is 10.1 Å². The maximum atomic E-state index is 12.2. The molecule has 26 heavy (non-hydrogen) atoms. The number of pyridine rings is 1. The van der Waals surface area contributed by atoms with E-state index in [4.69, 9.17) is 9.25 Å². The first-order chi connectivity index (χ1) is 12.8. The largest absolute Gasteiger partial charge is 0.454 e. The maximum absolute atomic E-state index is 12.2. The Hall–Kier alpha value is -3.73. The molecule has 5 heteroatoms. The highest BCUT2D eigenvalue weighted by atomic mass is 16.7. The third-order valence-corrected chi connectivity index (χ3v) is 3.82. The van der Waals surface area contributed by atoms with Gasteiger partial charge in [-0.3, -0.25) is 4.98 Å². The lowest BCUT2D eigenvalue weighted by Gasteiger charge is -2.03. The normalized spacial score (nSPS) is 11.5. The van der Waals surface area contributed by atoms with E-state index < -0.39 is 5.97 Å². The van der Waals surface area contributed by atoms with Gasteiger partial charge in [0.05, 0.1) is 5.56 Å². The van der Waals surface area contributed by atoms with Gasteiger partial charge in [-0.25, -0.2) is 4.79 Å². The Kier molecular flexibility index (Phi) is 4.26. The summed E-state index contributed by atoms with van der Waals surface area (Å²) in [5, 5.41) is 5.03. The lowest BCUT2D eigenvalue weighted by Crippen LogP contribution is -2.07. The highest BCUT2D eigenvalue weighted by Crippen LogP contribution is 2.22. The molecular formula is C21H14N2O3. The molecule has 0 aliphatic rings. The molecule has 0 saturated heterocycles. The standard InChI is InChI=1S/C21H14N2O3/c24-21(17-10-6-12-22-14-17)26-23-20(15-7-2-1-3-8-15)19-13-16-9-4-5-11-18(16)25-19/h1-14H. The van der Waals surface area contributed by atoms with Gasteiger partial charge in [0.25, 0.3) is 0 Å². The predicted octanol–water partition coefficient (Wildman–Crippen LogP) is 4.44. The van der Waals surface area contributed by atoms with Crippen molar-refractivity contribution in [1.29, 1.82) is 0 Å². The van der Waals surface area contributed by atoms with Crippen molar-refractivity contribution >= 4 is 22.7 Å². The lowest BCUT2D eigenvalue weighted by atomic mass is 10.1. The Labute approximate surface area is 149 Å². The first-order valence-electron chi connectivity index (χ1n) is 8.05. The van der Waals surface area contributed by atoms with E-state index in [9.17, 15) is 4.79 Å². The number of para-hydroxylation sites is 1. The summed E-state index contributed by atoms with van der Waals surface area (Å²) in [5.74, 6) is -0.0565. The van der Waals surface area contributed by atoms with Crippen molar-refractivity contribution in [3.63, 3.8) is 0 Å². The van der Waals surface area contributed by atoms with Crippen molar-refractivity contribution in [3.05, 3.63) is 102 Å². The molecule has 0 spiro atoms. The summed E-state index contributed by atoms with van der Waals surface area (Å²) >= 11 is 0. The van der Waals surface area contributed by atoms with E-state index in [-0.39, 0.29) is 0 Å². The number of carbonyl (C=O) groups excluding carboxylic acids is 1. The van der Waals surface area contributed by atoms with E-state index >= 15 is 0 Å². The number of hydrogen-bond donors (Lipinski definition) is 0. The Balaban J connectivity index is 1.72. The monoisotopic (exact) mass is 342 g/mol. The van der Waals surface area contributed by atoms with Gasteiger partial charge in [0, 0.05) is 23.3 Å². The number of furan rings is 1. The van der Waals surface area contributed by atoms with Crippen molar-refractivity contribution in [2.75, 3.05) is 0 Å². The van der Waals surface area contributed by atoms with Gasteiger partial charge in [0.2, 0.25) is 0 Å². The molecule has 0 radical (unpaired) electrons. The molecule has 126 valence electrons. The second-order valence-electron chi connectivity index (χ2n) is 5.57. The fourth-order valence-corrected chi connectivity index (χ4v) is 2.56. The SMILES string of the molecule is O=C(ON=C(c1ccccc1)c1cc2ccccc2o1)c1cccnc1. The van der Waals surface area contributed by atoms with E-state index in [0.717, 1.165) is 16.5 Å². The predicted molar refractivity (Wildman–Crippen MR) is 97.9 cm³/mol. The molecule has 0 unspecified atom stereocenters. The molecule has 0 fully saturated rings. The van der Waals surface area contributed by atoms with Crippen LogP contribution in [0.5, 0.6) is 0 Å². The zero-order valence-corrected chi connectivity index (χ0v) is 13.7. The molecule has 2 heterocycles. The molecular weight excluding hydrogens is 328 g/mol. The van der Waals surface area contributed by atoms with E-state index in [1.54, 1.807) is 18.3 Å². The molecule has 2 aromatic carbocycles. The van der Waals surface area contributed by atoms with Crippen LogP contribution >= 0.6 is 0 Å². The van der Waals surface area contributed by atoms with Gasteiger partial charge in [-0.2, -0.15) is 0 Å². The second-order valence-corrected chi connectivity index (χ2v) is 5.57. The van der Waals surface area contributed by atoms with Crippen LogP contribution in [0, 0.1) is 0 Å². The van der Waals surface area contributed by atoms with Crippen LogP contribution in [0.4, 0.5) is 0 Å². The second kappa shape index (κ2) is 7.03. The van der Waals surface area contributed by atoms with Crippen LogP contribution in [-0.4, -0.2) is 16.7 Å². The molecule has 2 aromatic heterocycles. The zero-order valence-electron chi connectivity index (χ0n) is 13.7. The molecule has 0 atom stereocenters. The highest BCUT2D eigenvalue weighted by Gasteiger charge is 2.15. The van der Waals surface area contributed by atoms with Crippen LogP contribution in [0.15, 0.2) is 94.8 Å². The van der Waals surface area contributed by atoms with Crippen LogP contribution in [0.2, 0.25) is 0 Å². The van der Waals surface area contributed by atoms with Crippen molar-refractivity contribution in [1.82, 2.24) is 4.98 Å². The van der Waals surface area contributed by atoms with Crippen molar-refractivity contribution in [2.45, 2.75) is 0 Å². The van der Waals surface area contributed by atoms with E-state index in [0.29, 0.717) is 17.0 Å². The summed E-state index contributed by atoms with van der Waals surface area (Å²) in [7, 11) is 0. The molecule has 4 rings (SSSR count). The van der Waals surface area contributed by atoms with Gasteiger partial charge in [0.15, 0.2) is 11.5 Å². The van der Waals surface area contributed by atoms with Crippen molar-refractivity contribution < 1.29 is 14.0 Å². The Bertz CT molecular complexity index is 1040. The van der Waals surface area contributed by atoms with Gasteiger partial charge in [-0.15, -0.1) is 0 Å². The van der Waals surface area contributed by atoms with Crippen molar-refractivity contribution in [3.8, 4) is 0 Å². The number of carbonyl (C=O) groups is 1.